The smallest absolute Gasteiger partial charge is 0.310 e. The molecule has 0 aliphatic carbocycles. The fraction of sp³-hybridized carbons (Fsp3) is 0.111. The molecular formula is C18H14Cl2N4O3. The summed E-state index contributed by atoms with van der Waals surface area (Å²) in [6.45, 7) is -0.421. The van der Waals surface area contributed by atoms with E-state index in [0.29, 0.717) is 21.4 Å². The molecule has 27 heavy (non-hydrogen) atoms. The van der Waals surface area contributed by atoms with E-state index in [1.54, 1.807) is 42.5 Å². The van der Waals surface area contributed by atoms with Gasteiger partial charge in [0.05, 0.1) is 17.8 Å². The molecule has 1 N–H and O–H groups in total. The summed E-state index contributed by atoms with van der Waals surface area (Å²) in [6, 6.07) is 11.7. The van der Waals surface area contributed by atoms with Gasteiger partial charge in [0.15, 0.2) is 6.61 Å². The number of ether oxygens (including phenoxy) is 1. The molecule has 1 amide bonds. The van der Waals surface area contributed by atoms with Crippen LogP contribution in [0.5, 0.6) is 0 Å². The van der Waals surface area contributed by atoms with Gasteiger partial charge in [-0.25, -0.2) is 9.67 Å². The van der Waals surface area contributed by atoms with Crippen LogP contribution < -0.4 is 5.32 Å². The lowest BCUT2D eigenvalue weighted by molar-refractivity contribution is -0.146. The minimum atomic E-state index is -0.518. The Labute approximate surface area is 164 Å². The normalized spacial score (nSPS) is 10.4. The van der Waals surface area contributed by atoms with E-state index in [4.69, 9.17) is 27.9 Å². The van der Waals surface area contributed by atoms with Crippen LogP contribution in [0.1, 0.15) is 5.56 Å². The second-order valence-corrected chi connectivity index (χ2v) is 6.39. The Hall–Kier alpha value is -2.90. The molecule has 0 saturated heterocycles. The zero-order valence-corrected chi connectivity index (χ0v) is 15.4. The van der Waals surface area contributed by atoms with E-state index in [-0.39, 0.29) is 6.42 Å². The monoisotopic (exact) mass is 404 g/mol. The molecule has 0 atom stereocenters. The van der Waals surface area contributed by atoms with Crippen molar-refractivity contribution < 1.29 is 14.3 Å². The average Bonchev–Trinajstić information content (AvgIpc) is 3.16. The topological polar surface area (TPSA) is 86.1 Å². The number of nitrogens with one attached hydrogen (secondary N) is 1. The third-order valence-corrected chi connectivity index (χ3v) is 4.01. The van der Waals surface area contributed by atoms with Crippen molar-refractivity contribution in [3.8, 4) is 5.69 Å². The molecule has 9 heteroatoms. The van der Waals surface area contributed by atoms with Crippen LogP contribution in [0.25, 0.3) is 5.69 Å². The number of benzene rings is 2. The van der Waals surface area contributed by atoms with Crippen molar-refractivity contribution in [3.63, 3.8) is 0 Å². The molecule has 0 radical (unpaired) electrons. The first-order chi connectivity index (χ1) is 13.0. The third kappa shape index (κ3) is 5.29. The number of nitrogens with zero attached hydrogens (tertiary/aromatic N) is 3. The minimum Gasteiger partial charge on any atom is -0.455 e. The number of rotatable bonds is 6. The van der Waals surface area contributed by atoms with Crippen molar-refractivity contribution in [1.29, 1.82) is 0 Å². The van der Waals surface area contributed by atoms with E-state index >= 15 is 0 Å². The Morgan fingerprint density at radius 2 is 1.81 bits per heavy atom. The van der Waals surface area contributed by atoms with Crippen LogP contribution in [0.4, 0.5) is 5.69 Å². The van der Waals surface area contributed by atoms with E-state index < -0.39 is 18.5 Å². The van der Waals surface area contributed by atoms with Gasteiger partial charge >= 0.3 is 5.97 Å². The summed E-state index contributed by atoms with van der Waals surface area (Å²) in [5.74, 6) is -1.02. The van der Waals surface area contributed by atoms with Crippen LogP contribution in [0.2, 0.25) is 10.0 Å². The lowest BCUT2D eigenvalue weighted by atomic mass is 10.1. The first kappa shape index (κ1) is 18.9. The molecule has 138 valence electrons. The van der Waals surface area contributed by atoms with E-state index in [2.05, 4.69) is 15.4 Å². The summed E-state index contributed by atoms with van der Waals surface area (Å²) in [5.41, 5.74) is 1.75. The predicted molar refractivity (Wildman–Crippen MR) is 101 cm³/mol. The lowest BCUT2D eigenvalue weighted by Crippen LogP contribution is -2.22. The van der Waals surface area contributed by atoms with Crippen molar-refractivity contribution in [1.82, 2.24) is 14.8 Å². The maximum absolute atomic E-state index is 12.2. The van der Waals surface area contributed by atoms with Crippen LogP contribution in [0, 0.1) is 0 Å². The zero-order chi connectivity index (χ0) is 19.2. The average molecular weight is 405 g/mol. The number of anilines is 1. The Balaban J connectivity index is 1.59. The molecule has 0 spiro atoms. The Bertz CT molecular complexity index is 944. The number of aromatic nitrogens is 3. The maximum Gasteiger partial charge on any atom is 0.310 e. The number of esters is 1. The van der Waals surface area contributed by atoms with E-state index in [9.17, 15) is 9.59 Å². The summed E-state index contributed by atoms with van der Waals surface area (Å²) in [5, 5.41) is 7.71. The van der Waals surface area contributed by atoms with Gasteiger partial charge in [-0.3, -0.25) is 9.59 Å². The summed E-state index contributed by atoms with van der Waals surface area (Å²) in [6.07, 6.45) is 2.91. The highest BCUT2D eigenvalue weighted by molar-refractivity contribution is 6.31. The molecule has 1 heterocycles. The largest absolute Gasteiger partial charge is 0.455 e. The summed E-state index contributed by atoms with van der Waals surface area (Å²) >= 11 is 11.8. The molecule has 0 aliphatic heterocycles. The van der Waals surface area contributed by atoms with E-state index in [0.717, 1.165) is 5.56 Å². The Morgan fingerprint density at radius 3 is 2.52 bits per heavy atom. The summed E-state index contributed by atoms with van der Waals surface area (Å²) in [7, 11) is 0. The molecule has 3 aromatic rings. The number of amides is 1. The molecule has 0 aliphatic rings. The van der Waals surface area contributed by atoms with Gasteiger partial charge in [-0.2, -0.15) is 5.10 Å². The first-order valence-corrected chi connectivity index (χ1v) is 8.61. The number of carbonyl (C=O) groups is 2. The lowest BCUT2D eigenvalue weighted by Gasteiger charge is -2.11. The molecule has 2 aromatic carbocycles. The van der Waals surface area contributed by atoms with Gasteiger partial charge in [0.1, 0.15) is 12.7 Å². The van der Waals surface area contributed by atoms with Gasteiger partial charge in [-0.05, 0) is 35.9 Å². The van der Waals surface area contributed by atoms with Gasteiger partial charge in [0.2, 0.25) is 0 Å². The van der Waals surface area contributed by atoms with Gasteiger partial charge in [0.25, 0.3) is 5.91 Å². The predicted octanol–water partition coefficient (Wildman–Crippen LogP) is 3.30. The number of halogens is 2. The molecule has 1 aromatic heterocycles. The van der Waals surface area contributed by atoms with Crippen molar-refractivity contribution in [2.45, 2.75) is 6.42 Å². The van der Waals surface area contributed by atoms with Crippen LogP contribution >= 0.6 is 23.2 Å². The SMILES string of the molecule is O=C(COC(=O)Cc1ccc(Cl)cc1)Nc1cc(Cl)ccc1-n1cncn1. The molecule has 0 fully saturated rings. The highest BCUT2D eigenvalue weighted by Gasteiger charge is 2.12. The molecule has 3 rings (SSSR count). The van der Waals surface area contributed by atoms with E-state index in [1.807, 2.05) is 0 Å². The van der Waals surface area contributed by atoms with Gasteiger partial charge < -0.3 is 10.1 Å². The molecule has 0 unspecified atom stereocenters. The minimum absolute atomic E-state index is 0.0474. The van der Waals surface area contributed by atoms with Crippen molar-refractivity contribution in [2.24, 2.45) is 0 Å². The Kier molecular flexibility index (Phi) is 6.05. The summed E-state index contributed by atoms with van der Waals surface area (Å²) < 4.78 is 6.50. The fourth-order valence-electron chi connectivity index (χ4n) is 2.29. The highest BCUT2D eigenvalue weighted by atomic mass is 35.5. The number of hydrogen-bond donors (Lipinski definition) is 1. The van der Waals surface area contributed by atoms with Gasteiger partial charge in [-0.1, -0.05) is 35.3 Å². The number of hydrogen-bond acceptors (Lipinski definition) is 5. The van der Waals surface area contributed by atoms with Crippen molar-refractivity contribution in [2.75, 3.05) is 11.9 Å². The third-order valence-electron chi connectivity index (χ3n) is 3.52. The molecular weight excluding hydrogens is 391 g/mol. The summed E-state index contributed by atoms with van der Waals surface area (Å²) in [4.78, 5) is 27.9. The Morgan fingerprint density at radius 1 is 1.07 bits per heavy atom. The van der Waals surface area contributed by atoms with Crippen LogP contribution in [0.3, 0.4) is 0 Å². The standard InChI is InChI=1S/C18H14Cl2N4O3/c19-13-3-1-12(2-4-13)7-18(26)27-9-17(25)23-15-8-14(20)5-6-16(15)24-11-21-10-22-24/h1-6,8,10-11H,7,9H2,(H,23,25). The second-order valence-electron chi connectivity index (χ2n) is 5.51. The van der Waals surface area contributed by atoms with Gasteiger partial charge in [-0.15, -0.1) is 0 Å². The van der Waals surface area contributed by atoms with Crippen molar-refractivity contribution in [3.05, 3.63) is 70.7 Å². The van der Waals surface area contributed by atoms with Crippen LogP contribution in [0.15, 0.2) is 55.1 Å². The second kappa shape index (κ2) is 8.66. The molecule has 7 nitrogen and oxygen atoms in total. The zero-order valence-electron chi connectivity index (χ0n) is 13.9. The number of carbonyl (C=O) groups excluding carboxylic acids is 2. The highest BCUT2D eigenvalue weighted by Crippen LogP contribution is 2.23. The molecule has 0 saturated carbocycles. The van der Waals surface area contributed by atoms with Crippen molar-refractivity contribution >= 4 is 40.8 Å². The maximum atomic E-state index is 12.2. The van der Waals surface area contributed by atoms with Crippen LogP contribution in [-0.2, 0) is 20.7 Å². The van der Waals surface area contributed by atoms with Crippen LogP contribution in [-0.4, -0.2) is 33.2 Å². The van der Waals surface area contributed by atoms with Gasteiger partial charge in [0, 0.05) is 10.0 Å². The quantitative estimate of drug-likeness (QED) is 0.636. The van der Waals surface area contributed by atoms with E-state index in [1.165, 1.54) is 17.3 Å². The fourth-order valence-corrected chi connectivity index (χ4v) is 2.59. The first-order valence-electron chi connectivity index (χ1n) is 7.86. The molecule has 0 bridgehead atoms.